The zero-order chi connectivity index (χ0) is 26.2. The Bertz CT molecular complexity index is 935. The van der Waals surface area contributed by atoms with Crippen LogP contribution < -0.4 is 0 Å². The summed E-state index contributed by atoms with van der Waals surface area (Å²) in [6.07, 6.45) is 10.2. The zero-order valence-electron chi connectivity index (χ0n) is 23.0. The van der Waals surface area contributed by atoms with E-state index in [2.05, 4.69) is 13.8 Å². The lowest BCUT2D eigenvalue weighted by Gasteiger charge is -2.64. The number of rotatable bonds is 4. The van der Waals surface area contributed by atoms with Crippen molar-refractivity contribution in [1.82, 2.24) is 0 Å². The molecule has 2 N–H and O–H groups in total. The molecule has 208 valence electrons. The maximum Gasteiger partial charge on any atom is 0.331 e. The van der Waals surface area contributed by atoms with Crippen LogP contribution >= 0.6 is 0 Å². The summed E-state index contributed by atoms with van der Waals surface area (Å²) < 4.78 is 23.2. The molecule has 0 unspecified atom stereocenters. The third kappa shape index (κ3) is 3.97. The largest absolute Gasteiger partial charge is 0.458 e. The third-order valence-electron chi connectivity index (χ3n) is 12.2. The summed E-state index contributed by atoms with van der Waals surface area (Å²) in [4.78, 5) is 11.8. The van der Waals surface area contributed by atoms with Crippen LogP contribution in [-0.2, 0) is 23.7 Å². The van der Waals surface area contributed by atoms with E-state index in [1.165, 1.54) is 0 Å². The number of hydrogen-bond acceptors (Lipinski definition) is 7. The van der Waals surface area contributed by atoms with Crippen LogP contribution in [0, 0.1) is 34.5 Å². The summed E-state index contributed by atoms with van der Waals surface area (Å²) in [5.41, 5.74) is 0.461. The summed E-state index contributed by atoms with van der Waals surface area (Å²) in [6, 6.07) is 0. The minimum atomic E-state index is -0.670. The Hall–Kier alpha value is -0.990. The van der Waals surface area contributed by atoms with E-state index in [1.54, 1.807) is 13.2 Å². The molecule has 7 heteroatoms. The first kappa shape index (κ1) is 26.2. The molecule has 0 aromatic heterocycles. The van der Waals surface area contributed by atoms with Gasteiger partial charge in [0.15, 0.2) is 6.29 Å². The van der Waals surface area contributed by atoms with Crippen molar-refractivity contribution in [1.29, 1.82) is 0 Å². The summed E-state index contributed by atoms with van der Waals surface area (Å²) >= 11 is 0. The molecule has 6 rings (SSSR count). The van der Waals surface area contributed by atoms with E-state index in [9.17, 15) is 15.0 Å². The van der Waals surface area contributed by atoms with E-state index in [0.717, 1.165) is 63.4 Å². The normalized spacial score (nSPS) is 53.6. The van der Waals surface area contributed by atoms with Gasteiger partial charge in [-0.3, -0.25) is 0 Å². The molecular weight excluding hydrogens is 472 g/mol. The Labute approximate surface area is 221 Å². The van der Waals surface area contributed by atoms with Crippen LogP contribution in [0.25, 0.3) is 0 Å². The van der Waals surface area contributed by atoms with Gasteiger partial charge in [-0.05, 0) is 99.4 Å². The van der Waals surface area contributed by atoms with Crippen molar-refractivity contribution in [2.24, 2.45) is 34.5 Å². The number of methoxy groups -OCH3 is 1. The highest BCUT2D eigenvalue weighted by Crippen LogP contribution is 2.70. The molecule has 4 aliphatic carbocycles. The molecule has 0 amide bonds. The number of esters is 1. The number of carbonyl (C=O) groups is 1. The molecular formula is C30H46O7. The average Bonchev–Trinajstić information content (AvgIpc) is 3.41. The van der Waals surface area contributed by atoms with Gasteiger partial charge in [-0.15, -0.1) is 0 Å². The van der Waals surface area contributed by atoms with Crippen molar-refractivity contribution < 1.29 is 34.0 Å². The first-order valence-electron chi connectivity index (χ1n) is 14.7. The van der Waals surface area contributed by atoms with Crippen LogP contribution in [-0.4, -0.2) is 66.2 Å². The Kier molecular flexibility index (Phi) is 6.59. The smallest absolute Gasteiger partial charge is 0.331 e. The third-order valence-corrected chi connectivity index (χ3v) is 12.2. The van der Waals surface area contributed by atoms with E-state index >= 15 is 0 Å². The number of ether oxygens (including phenoxy) is 4. The molecule has 4 saturated carbocycles. The SMILES string of the molecule is CO[C@@H]1C[C@H](O[C@@H]2CC[C@@]3(C)[C@H](CC[C@@H]4[C@@H]3CC[C@]3(C)[C@@H](C5=CC(=O)OC5)CC[C@@]43O)C2)O[C@H](C)[C@H]1O. The fraction of sp³-hybridized carbons (Fsp3) is 0.900. The molecule has 5 fully saturated rings. The van der Waals surface area contributed by atoms with Crippen molar-refractivity contribution in [3.8, 4) is 0 Å². The van der Waals surface area contributed by atoms with Crippen LogP contribution in [0.3, 0.4) is 0 Å². The lowest BCUT2D eigenvalue weighted by Crippen LogP contribution is -2.62. The number of carbonyl (C=O) groups excluding carboxylic acids is 1. The standard InChI is InChI=1S/C30H46O7/c1-17-27(32)24(34-4)15-26(36-17)37-20-7-10-28(2)19(14-20)5-6-23-22(28)8-11-29(3)21(9-12-30(23,29)33)18-13-25(31)35-16-18/h13,17,19-24,26-27,32-33H,5-12,14-16H2,1-4H3/t17-,19-,20-,21-,22+,23-,24-,26+,27-,28+,29-,30-/m1/s1. The van der Waals surface area contributed by atoms with Gasteiger partial charge in [0.25, 0.3) is 0 Å². The molecule has 0 aromatic rings. The molecule has 0 aromatic carbocycles. The van der Waals surface area contributed by atoms with E-state index in [0.29, 0.717) is 30.8 Å². The summed E-state index contributed by atoms with van der Waals surface area (Å²) in [5.74, 6) is 1.45. The van der Waals surface area contributed by atoms with Crippen molar-refractivity contribution >= 4 is 5.97 Å². The highest BCUT2D eigenvalue weighted by Gasteiger charge is 2.67. The van der Waals surface area contributed by atoms with E-state index in [-0.39, 0.29) is 47.3 Å². The zero-order valence-corrected chi connectivity index (χ0v) is 23.0. The Morgan fingerprint density at radius 2 is 1.84 bits per heavy atom. The molecule has 7 nitrogen and oxygen atoms in total. The second-order valence-corrected chi connectivity index (χ2v) is 13.6. The molecule has 37 heavy (non-hydrogen) atoms. The van der Waals surface area contributed by atoms with Crippen LogP contribution in [0.2, 0.25) is 0 Å². The van der Waals surface area contributed by atoms with Gasteiger partial charge in [0.05, 0.1) is 23.9 Å². The van der Waals surface area contributed by atoms with Crippen LogP contribution in [0.15, 0.2) is 11.6 Å². The predicted molar refractivity (Wildman–Crippen MR) is 136 cm³/mol. The van der Waals surface area contributed by atoms with Gasteiger partial charge >= 0.3 is 5.97 Å². The molecule has 2 aliphatic heterocycles. The van der Waals surface area contributed by atoms with Gasteiger partial charge in [0, 0.05) is 25.0 Å². The molecule has 1 saturated heterocycles. The first-order valence-corrected chi connectivity index (χ1v) is 14.7. The first-order chi connectivity index (χ1) is 17.6. The van der Waals surface area contributed by atoms with E-state index < -0.39 is 11.7 Å². The van der Waals surface area contributed by atoms with Crippen molar-refractivity contribution in [2.75, 3.05) is 13.7 Å². The molecule has 6 aliphatic rings. The van der Waals surface area contributed by atoms with Gasteiger partial charge in [-0.2, -0.15) is 0 Å². The minimum Gasteiger partial charge on any atom is -0.458 e. The van der Waals surface area contributed by atoms with Gasteiger partial charge in [0.2, 0.25) is 0 Å². The Balaban J connectivity index is 1.15. The number of aliphatic hydroxyl groups is 2. The Morgan fingerprint density at radius 1 is 1.03 bits per heavy atom. The molecule has 0 spiro atoms. The monoisotopic (exact) mass is 518 g/mol. The summed E-state index contributed by atoms with van der Waals surface area (Å²) in [6.45, 7) is 7.07. The topological polar surface area (TPSA) is 94.5 Å². The molecule has 0 bridgehead atoms. The van der Waals surface area contributed by atoms with E-state index in [1.807, 2.05) is 6.92 Å². The van der Waals surface area contributed by atoms with Crippen LogP contribution in [0.4, 0.5) is 0 Å². The lowest BCUT2D eigenvalue weighted by molar-refractivity contribution is -0.273. The van der Waals surface area contributed by atoms with Crippen molar-refractivity contribution in [2.45, 2.75) is 121 Å². The predicted octanol–water partition coefficient (Wildman–Crippen LogP) is 4.14. The highest BCUT2D eigenvalue weighted by molar-refractivity contribution is 5.85. The number of fused-ring (bicyclic) bond motifs is 5. The average molecular weight is 519 g/mol. The van der Waals surface area contributed by atoms with Gasteiger partial charge < -0.3 is 29.2 Å². The fourth-order valence-corrected chi connectivity index (χ4v) is 10.0. The fourth-order valence-electron chi connectivity index (χ4n) is 10.0. The lowest BCUT2D eigenvalue weighted by atomic mass is 9.43. The molecule has 0 radical (unpaired) electrons. The van der Waals surface area contributed by atoms with E-state index in [4.69, 9.17) is 18.9 Å². The maximum absolute atomic E-state index is 12.4. The summed E-state index contributed by atoms with van der Waals surface area (Å²) in [5, 5.41) is 22.7. The quantitative estimate of drug-likeness (QED) is 0.427. The maximum atomic E-state index is 12.4. The highest BCUT2D eigenvalue weighted by atomic mass is 16.7. The van der Waals surface area contributed by atoms with Crippen molar-refractivity contribution in [3.05, 3.63) is 11.6 Å². The van der Waals surface area contributed by atoms with Crippen LogP contribution in [0.1, 0.15) is 85.0 Å². The van der Waals surface area contributed by atoms with Gasteiger partial charge in [-0.1, -0.05) is 13.8 Å². The number of cyclic esters (lactones) is 1. The van der Waals surface area contributed by atoms with Gasteiger partial charge in [0.1, 0.15) is 12.7 Å². The number of aliphatic hydroxyl groups excluding tert-OH is 1. The number of hydrogen-bond donors (Lipinski definition) is 2. The molecule has 2 heterocycles. The van der Waals surface area contributed by atoms with Gasteiger partial charge in [-0.25, -0.2) is 4.79 Å². The second-order valence-electron chi connectivity index (χ2n) is 13.6. The van der Waals surface area contributed by atoms with Crippen LogP contribution in [0.5, 0.6) is 0 Å². The minimum absolute atomic E-state index is 0.166. The summed E-state index contributed by atoms with van der Waals surface area (Å²) in [7, 11) is 1.64. The van der Waals surface area contributed by atoms with Crippen molar-refractivity contribution in [3.63, 3.8) is 0 Å². The Morgan fingerprint density at radius 3 is 2.57 bits per heavy atom. The molecule has 12 atom stereocenters. The second kappa shape index (κ2) is 9.29.